The second-order valence-electron chi connectivity index (χ2n) is 6.71. The van der Waals surface area contributed by atoms with E-state index in [9.17, 15) is 9.59 Å². The van der Waals surface area contributed by atoms with Gasteiger partial charge in [-0.05, 0) is 37.5 Å². The first-order valence-corrected chi connectivity index (χ1v) is 9.02. The van der Waals surface area contributed by atoms with Crippen molar-refractivity contribution >= 4 is 33.4 Å². The van der Waals surface area contributed by atoms with Crippen LogP contribution >= 0.6 is 11.3 Å². The van der Waals surface area contributed by atoms with Crippen molar-refractivity contribution < 1.29 is 14.3 Å². The summed E-state index contributed by atoms with van der Waals surface area (Å²) in [4.78, 5) is 29.3. The number of amides is 2. The number of nitrogens with zero attached hydrogens (tertiary/aromatic N) is 1. The van der Waals surface area contributed by atoms with Gasteiger partial charge >= 0.3 is 0 Å². The van der Waals surface area contributed by atoms with Crippen molar-refractivity contribution in [2.45, 2.75) is 18.8 Å². The number of carbonyl (C=O) groups is 2. The van der Waals surface area contributed by atoms with E-state index in [2.05, 4.69) is 17.5 Å². The van der Waals surface area contributed by atoms with Crippen molar-refractivity contribution in [3.63, 3.8) is 0 Å². The topological polar surface area (TPSA) is 68.3 Å². The minimum atomic E-state index is -0.430. The number of hydrogen-bond donors (Lipinski definition) is 1. The Kier molecular flexibility index (Phi) is 2.75. The van der Waals surface area contributed by atoms with Crippen LogP contribution in [0.25, 0.3) is 10.2 Å². The molecule has 1 saturated heterocycles. The Morgan fingerprint density at radius 2 is 2.25 bits per heavy atom. The van der Waals surface area contributed by atoms with Gasteiger partial charge in [0, 0.05) is 0 Å². The lowest BCUT2D eigenvalue weighted by molar-refractivity contribution is -0.126. The summed E-state index contributed by atoms with van der Waals surface area (Å²) in [6.07, 6.45) is 5.01. The van der Waals surface area contributed by atoms with E-state index in [-0.39, 0.29) is 29.6 Å². The number of rotatable bonds is 3. The molecule has 1 aromatic carbocycles. The lowest BCUT2D eigenvalue weighted by Gasteiger charge is -2.27. The van der Waals surface area contributed by atoms with Gasteiger partial charge in [-0.2, -0.15) is 0 Å². The van der Waals surface area contributed by atoms with Crippen LogP contribution < -0.4 is 10.1 Å². The summed E-state index contributed by atoms with van der Waals surface area (Å²) in [5, 5.41) is 3.45. The maximum atomic E-state index is 12.4. The van der Waals surface area contributed by atoms with E-state index in [0.29, 0.717) is 6.61 Å². The van der Waals surface area contributed by atoms with Gasteiger partial charge in [-0.15, -0.1) is 11.3 Å². The molecule has 2 bridgehead atoms. The molecule has 24 heavy (non-hydrogen) atoms. The van der Waals surface area contributed by atoms with Crippen molar-refractivity contribution in [2.75, 3.05) is 6.61 Å². The second-order valence-corrected chi connectivity index (χ2v) is 7.74. The minimum absolute atomic E-state index is 0.124. The Labute approximate surface area is 142 Å². The van der Waals surface area contributed by atoms with Crippen LogP contribution in [0.5, 0.6) is 5.75 Å². The number of thiazole rings is 1. The number of fused-ring (bicyclic) bond motifs is 6. The molecule has 1 N–H and O–H groups in total. The highest BCUT2D eigenvalue weighted by Crippen LogP contribution is 2.60. The first-order chi connectivity index (χ1) is 11.6. The van der Waals surface area contributed by atoms with Gasteiger partial charge in [-0.25, -0.2) is 4.98 Å². The van der Waals surface area contributed by atoms with Gasteiger partial charge in [-0.3, -0.25) is 14.9 Å². The standard InChI is InChI=1S/C18H16N2O3S/c1-2-23-10-3-4-11-12(7-10)24-17(19-11)18-6-5-9(8-18)13-14(18)16(22)20-15(13)21/h3-7,9,13-14H,2,8H2,1H3,(H,20,21,22). The summed E-state index contributed by atoms with van der Waals surface area (Å²) in [5.74, 6) is 0.163. The first-order valence-electron chi connectivity index (χ1n) is 8.20. The molecule has 5 rings (SSSR count). The highest BCUT2D eigenvalue weighted by molar-refractivity contribution is 7.18. The van der Waals surface area contributed by atoms with E-state index in [1.54, 1.807) is 11.3 Å². The van der Waals surface area contributed by atoms with E-state index >= 15 is 0 Å². The van der Waals surface area contributed by atoms with Crippen molar-refractivity contribution in [1.82, 2.24) is 10.3 Å². The fourth-order valence-electron chi connectivity index (χ4n) is 4.54. The van der Waals surface area contributed by atoms with E-state index in [4.69, 9.17) is 9.72 Å². The Morgan fingerprint density at radius 3 is 3.08 bits per heavy atom. The maximum Gasteiger partial charge on any atom is 0.231 e. The van der Waals surface area contributed by atoms with Crippen molar-refractivity contribution in [3.05, 3.63) is 35.4 Å². The largest absolute Gasteiger partial charge is 0.494 e. The number of nitrogens with one attached hydrogen (secondary N) is 1. The lowest BCUT2D eigenvalue weighted by atomic mass is 9.75. The van der Waals surface area contributed by atoms with Gasteiger partial charge in [0.05, 0.1) is 34.1 Å². The number of carbonyl (C=O) groups excluding carboxylic acids is 2. The molecule has 0 spiro atoms. The van der Waals surface area contributed by atoms with Crippen LogP contribution in [0.3, 0.4) is 0 Å². The van der Waals surface area contributed by atoms with Crippen LogP contribution in [0.4, 0.5) is 0 Å². The Bertz CT molecular complexity index is 918. The smallest absolute Gasteiger partial charge is 0.231 e. The molecule has 2 aromatic rings. The van der Waals surface area contributed by atoms with Gasteiger partial charge in [-0.1, -0.05) is 12.2 Å². The zero-order chi connectivity index (χ0) is 16.5. The van der Waals surface area contributed by atoms with Crippen molar-refractivity contribution in [2.24, 2.45) is 17.8 Å². The summed E-state index contributed by atoms with van der Waals surface area (Å²) in [6, 6.07) is 5.88. The summed E-state index contributed by atoms with van der Waals surface area (Å²) < 4.78 is 6.62. The number of allylic oxidation sites excluding steroid dienone is 2. The number of imide groups is 1. The van der Waals surface area contributed by atoms with Crippen LogP contribution in [0.1, 0.15) is 18.4 Å². The number of ether oxygens (including phenoxy) is 1. The molecule has 2 aliphatic carbocycles. The zero-order valence-corrected chi connectivity index (χ0v) is 13.9. The Hall–Kier alpha value is -2.21. The molecule has 6 heteroatoms. The highest BCUT2D eigenvalue weighted by Gasteiger charge is 2.65. The molecule has 122 valence electrons. The average Bonchev–Trinajstić information content (AvgIpc) is 3.29. The average molecular weight is 340 g/mol. The molecule has 3 aliphatic rings. The predicted octanol–water partition coefficient (Wildman–Crippen LogP) is 2.41. The molecular weight excluding hydrogens is 324 g/mol. The number of hydrogen-bond acceptors (Lipinski definition) is 5. The molecule has 2 heterocycles. The molecular formula is C18H16N2O3S. The number of benzene rings is 1. The van der Waals surface area contributed by atoms with Gasteiger partial charge in [0.25, 0.3) is 0 Å². The summed E-state index contributed by atoms with van der Waals surface area (Å²) in [6.45, 7) is 2.58. The molecule has 1 saturated carbocycles. The summed E-state index contributed by atoms with van der Waals surface area (Å²) in [7, 11) is 0. The minimum Gasteiger partial charge on any atom is -0.494 e. The van der Waals surface area contributed by atoms with E-state index in [1.807, 2.05) is 25.1 Å². The van der Waals surface area contributed by atoms with Gasteiger partial charge in [0.1, 0.15) is 10.8 Å². The van der Waals surface area contributed by atoms with Crippen LogP contribution in [-0.2, 0) is 15.0 Å². The monoisotopic (exact) mass is 340 g/mol. The first kappa shape index (κ1) is 14.2. The van der Waals surface area contributed by atoms with Gasteiger partial charge < -0.3 is 4.74 Å². The number of aromatic nitrogens is 1. The normalized spacial score (nSPS) is 33.3. The molecule has 2 fully saturated rings. The fourth-order valence-corrected chi connectivity index (χ4v) is 5.76. The molecule has 5 nitrogen and oxygen atoms in total. The quantitative estimate of drug-likeness (QED) is 0.688. The summed E-state index contributed by atoms with van der Waals surface area (Å²) >= 11 is 1.60. The zero-order valence-electron chi connectivity index (χ0n) is 13.1. The van der Waals surface area contributed by atoms with Crippen LogP contribution in [0, 0.1) is 17.8 Å². The van der Waals surface area contributed by atoms with Crippen LogP contribution in [-0.4, -0.2) is 23.4 Å². The Morgan fingerprint density at radius 1 is 1.38 bits per heavy atom. The van der Waals surface area contributed by atoms with Crippen LogP contribution in [0.15, 0.2) is 30.4 Å². The van der Waals surface area contributed by atoms with Crippen molar-refractivity contribution in [3.8, 4) is 5.75 Å². The third-order valence-corrected chi connectivity index (χ3v) is 6.70. The third kappa shape index (κ3) is 1.66. The molecule has 2 amide bonds. The van der Waals surface area contributed by atoms with Gasteiger partial charge in [0.15, 0.2) is 0 Å². The maximum absolute atomic E-state index is 12.4. The molecule has 1 aromatic heterocycles. The highest BCUT2D eigenvalue weighted by atomic mass is 32.1. The fraction of sp³-hybridized carbons (Fsp3) is 0.389. The molecule has 1 aliphatic heterocycles. The second kappa shape index (κ2) is 4.66. The van der Waals surface area contributed by atoms with Gasteiger partial charge in [0.2, 0.25) is 11.8 Å². The summed E-state index contributed by atoms with van der Waals surface area (Å²) in [5.41, 5.74) is 0.485. The Balaban J connectivity index is 1.63. The lowest BCUT2D eigenvalue weighted by Crippen LogP contribution is -2.36. The SMILES string of the molecule is CCOc1ccc2nc(C34C=CC(C3)C3C(=O)NC(=O)C34)sc2c1. The van der Waals surface area contributed by atoms with Crippen LogP contribution in [0.2, 0.25) is 0 Å². The third-order valence-electron chi connectivity index (χ3n) is 5.49. The predicted molar refractivity (Wildman–Crippen MR) is 89.8 cm³/mol. The molecule has 0 radical (unpaired) electrons. The molecule has 4 unspecified atom stereocenters. The van der Waals surface area contributed by atoms with E-state index in [0.717, 1.165) is 27.4 Å². The molecule has 4 atom stereocenters. The van der Waals surface area contributed by atoms with E-state index < -0.39 is 5.41 Å². The van der Waals surface area contributed by atoms with Crippen molar-refractivity contribution in [1.29, 1.82) is 0 Å². The van der Waals surface area contributed by atoms with E-state index in [1.165, 1.54) is 0 Å².